The first-order valence-electron chi connectivity index (χ1n) is 12.2. The fourth-order valence-electron chi connectivity index (χ4n) is 5.38. The van der Waals surface area contributed by atoms with Crippen LogP contribution in [-0.4, -0.2) is 40.1 Å². The number of carbonyl (C=O) groups excluding carboxylic acids is 2. The number of anilines is 3. The maximum atomic E-state index is 13.4. The van der Waals surface area contributed by atoms with E-state index < -0.39 is 0 Å². The van der Waals surface area contributed by atoms with Crippen molar-refractivity contribution in [1.29, 1.82) is 0 Å². The summed E-state index contributed by atoms with van der Waals surface area (Å²) < 4.78 is 6.04. The molecule has 0 spiro atoms. The number of hydrogen-bond acceptors (Lipinski definition) is 7. The number of thiophene rings is 1. The van der Waals surface area contributed by atoms with Gasteiger partial charge < -0.3 is 21.1 Å². The summed E-state index contributed by atoms with van der Waals surface area (Å²) in [5, 5.41) is 6.76. The van der Waals surface area contributed by atoms with Crippen LogP contribution in [0.3, 0.4) is 0 Å². The number of amides is 3. The van der Waals surface area contributed by atoms with Crippen molar-refractivity contribution in [2.45, 2.75) is 70.1 Å². The fraction of sp³-hybridized carbons (Fsp3) is 0.440. The van der Waals surface area contributed by atoms with Gasteiger partial charge in [-0.3, -0.25) is 9.69 Å². The van der Waals surface area contributed by atoms with Gasteiger partial charge in [0.05, 0.1) is 28.6 Å². The van der Waals surface area contributed by atoms with Crippen molar-refractivity contribution in [1.82, 2.24) is 15.3 Å². The maximum Gasteiger partial charge on any atom is 0.331 e. The SMILES string of the molecule is Cc1cc(OC2CCCC2)ncc1N1C(=O)Nc2c(C(=O)N[C@@H]3CCC[C@@H]3N)sc3nccc1c23. The van der Waals surface area contributed by atoms with Gasteiger partial charge in [0.25, 0.3) is 5.91 Å². The number of nitrogens with zero attached hydrogens (tertiary/aromatic N) is 3. The molecule has 2 atom stereocenters. The van der Waals surface area contributed by atoms with Gasteiger partial charge in [0.1, 0.15) is 15.8 Å². The number of ether oxygens (including phenoxy) is 1. The lowest BCUT2D eigenvalue weighted by Crippen LogP contribution is -2.44. The Bertz CT molecular complexity index is 1320. The second-order valence-corrected chi connectivity index (χ2v) is 10.6. The summed E-state index contributed by atoms with van der Waals surface area (Å²) in [6, 6.07) is 3.24. The third kappa shape index (κ3) is 3.90. The minimum Gasteiger partial charge on any atom is -0.474 e. The van der Waals surface area contributed by atoms with Crippen molar-refractivity contribution >= 4 is 50.6 Å². The molecule has 0 bridgehead atoms. The number of hydrogen-bond donors (Lipinski definition) is 3. The minimum atomic E-state index is -0.343. The molecule has 0 unspecified atom stereocenters. The van der Waals surface area contributed by atoms with E-state index in [9.17, 15) is 9.59 Å². The van der Waals surface area contributed by atoms with Crippen LogP contribution in [0.4, 0.5) is 21.9 Å². The highest BCUT2D eigenvalue weighted by molar-refractivity contribution is 7.21. The van der Waals surface area contributed by atoms with Crippen molar-refractivity contribution in [2.24, 2.45) is 5.73 Å². The molecule has 6 rings (SSSR count). The second-order valence-electron chi connectivity index (χ2n) is 9.59. The molecule has 2 aliphatic carbocycles. The van der Waals surface area contributed by atoms with E-state index >= 15 is 0 Å². The van der Waals surface area contributed by atoms with Crippen molar-refractivity contribution in [3.05, 3.63) is 35.0 Å². The van der Waals surface area contributed by atoms with Gasteiger partial charge >= 0.3 is 6.03 Å². The molecule has 3 aromatic heterocycles. The molecular formula is C25H28N6O3S. The molecule has 2 fully saturated rings. The molecule has 35 heavy (non-hydrogen) atoms. The number of nitrogens with two attached hydrogens (primary N) is 1. The Labute approximate surface area is 207 Å². The number of aryl methyl sites for hydroxylation is 1. The van der Waals surface area contributed by atoms with Crippen LogP contribution in [-0.2, 0) is 0 Å². The van der Waals surface area contributed by atoms with Crippen LogP contribution in [0.1, 0.15) is 60.2 Å². The molecule has 4 N–H and O–H groups in total. The molecule has 0 saturated heterocycles. The summed E-state index contributed by atoms with van der Waals surface area (Å²) in [6.07, 6.45) is 10.8. The van der Waals surface area contributed by atoms with E-state index in [0.717, 1.165) is 43.1 Å². The van der Waals surface area contributed by atoms with Crippen LogP contribution in [0, 0.1) is 6.92 Å². The van der Waals surface area contributed by atoms with E-state index in [0.29, 0.717) is 32.6 Å². The van der Waals surface area contributed by atoms with Gasteiger partial charge in [-0.05, 0) is 63.5 Å². The number of nitrogens with one attached hydrogen (secondary N) is 2. The largest absolute Gasteiger partial charge is 0.474 e. The molecule has 1 aliphatic heterocycles. The third-order valence-electron chi connectivity index (χ3n) is 7.23. The Morgan fingerprint density at radius 1 is 1.20 bits per heavy atom. The zero-order valence-corrected chi connectivity index (χ0v) is 20.4. The average Bonchev–Trinajstić information content (AvgIpc) is 3.57. The zero-order valence-electron chi connectivity index (χ0n) is 19.5. The van der Waals surface area contributed by atoms with Gasteiger partial charge in [-0.1, -0.05) is 0 Å². The van der Waals surface area contributed by atoms with Crippen LogP contribution in [0.2, 0.25) is 0 Å². The number of urea groups is 1. The Kier molecular flexibility index (Phi) is 5.57. The molecule has 182 valence electrons. The Morgan fingerprint density at radius 3 is 2.77 bits per heavy atom. The molecule has 4 heterocycles. The predicted molar refractivity (Wildman–Crippen MR) is 136 cm³/mol. The molecule has 0 radical (unpaired) electrons. The Balaban J connectivity index is 1.34. The van der Waals surface area contributed by atoms with Gasteiger partial charge in [-0.2, -0.15) is 0 Å². The maximum absolute atomic E-state index is 13.4. The summed E-state index contributed by atoms with van der Waals surface area (Å²) >= 11 is 1.28. The van der Waals surface area contributed by atoms with E-state index in [1.54, 1.807) is 23.4 Å². The fourth-order valence-corrected chi connectivity index (χ4v) is 6.41. The lowest BCUT2D eigenvalue weighted by atomic mass is 10.1. The van der Waals surface area contributed by atoms with Crippen LogP contribution < -0.4 is 26.0 Å². The summed E-state index contributed by atoms with van der Waals surface area (Å²) in [4.78, 5) is 38.2. The zero-order chi connectivity index (χ0) is 24.1. The molecule has 0 aromatic carbocycles. The first kappa shape index (κ1) is 22.2. The quantitative estimate of drug-likeness (QED) is 0.478. The number of rotatable bonds is 5. The van der Waals surface area contributed by atoms with E-state index in [-0.39, 0.29) is 30.1 Å². The van der Waals surface area contributed by atoms with Crippen molar-refractivity contribution in [2.75, 3.05) is 10.2 Å². The van der Waals surface area contributed by atoms with Crippen LogP contribution in [0.15, 0.2) is 24.5 Å². The van der Waals surface area contributed by atoms with Gasteiger partial charge in [-0.15, -0.1) is 11.3 Å². The van der Waals surface area contributed by atoms with E-state index in [4.69, 9.17) is 10.5 Å². The van der Waals surface area contributed by atoms with Gasteiger partial charge in [0, 0.05) is 24.3 Å². The summed E-state index contributed by atoms with van der Waals surface area (Å²) in [5.41, 5.74) is 8.86. The molecular weight excluding hydrogens is 464 g/mol. The predicted octanol–water partition coefficient (Wildman–Crippen LogP) is 4.61. The number of carbonyl (C=O) groups is 2. The van der Waals surface area contributed by atoms with E-state index in [1.807, 2.05) is 13.0 Å². The first-order chi connectivity index (χ1) is 17.0. The first-order valence-corrected chi connectivity index (χ1v) is 13.0. The van der Waals surface area contributed by atoms with Crippen LogP contribution in [0.25, 0.3) is 10.2 Å². The Morgan fingerprint density at radius 2 is 2.03 bits per heavy atom. The standard InChI is InChI=1S/C25H28N6O3S/c1-13-11-19(34-14-5-2-3-6-14)28-12-18(13)31-17-9-10-27-24-20(17)21(30-25(31)33)22(35-24)23(32)29-16-8-4-7-15(16)26/h9-12,14-16H,2-8,26H2,1H3,(H,29,32)(H,30,33)/t15-,16+/m0/s1. The molecule has 10 heteroatoms. The summed E-state index contributed by atoms with van der Waals surface area (Å²) in [6.45, 7) is 1.94. The molecule has 3 aromatic rings. The van der Waals surface area contributed by atoms with Crippen LogP contribution in [0.5, 0.6) is 5.88 Å². The lowest BCUT2D eigenvalue weighted by Gasteiger charge is -2.29. The number of aromatic nitrogens is 2. The van der Waals surface area contributed by atoms with Crippen LogP contribution >= 0.6 is 11.3 Å². The monoisotopic (exact) mass is 492 g/mol. The highest BCUT2D eigenvalue weighted by atomic mass is 32.1. The molecule has 3 amide bonds. The normalized spacial score (nSPS) is 22.0. The average molecular weight is 493 g/mol. The summed E-state index contributed by atoms with van der Waals surface area (Å²) in [7, 11) is 0. The highest BCUT2D eigenvalue weighted by Crippen LogP contribution is 2.46. The van der Waals surface area contributed by atoms with Crippen molar-refractivity contribution in [3.63, 3.8) is 0 Å². The van der Waals surface area contributed by atoms with Crippen molar-refractivity contribution < 1.29 is 14.3 Å². The highest BCUT2D eigenvalue weighted by Gasteiger charge is 2.35. The topological polar surface area (TPSA) is 122 Å². The second kappa shape index (κ2) is 8.76. The summed E-state index contributed by atoms with van der Waals surface area (Å²) in [5.74, 6) is 0.354. The minimum absolute atomic E-state index is 0.0421. The molecule has 2 saturated carbocycles. The van der Waals surface area contributed by atoms with Gasteiger partial charge in [-0.25, -0.2) is 14.8 Å². The third-order valence-corrected chi connectivity index (χ3v) is 8.32. The molecule has 3 aliphatic rings. The number of pyridine rings is 2. The molecule has 9 nitrogen and oxygen atoms in total. The van der Waals surface area contributed by atoms with E-state index in [1.165, 1.54) is 24.2 Å². The van der Waals surface area contributed by atoms with Gasteiger partial charge in [0.2, 0.25) is 5.88 Å². The Hall–Kier alpha value is -3.24. The smallest absolute Gasteiger partial charge is 0.331 e. The van der Waals surface area contributed by atoms with Crippen molar-refractivity contribution in [3.8, 4) is 5.88 Å². The van der Waals surface area contributed by atoms with E-state index in [2.05, 4.69) is 20.6 Å². The lowest BCUT2D eigenvalue weighted by molar-refractivity contribution is 0.0939. The van der Waals surface area contributed by atoms with Gasteiger partial charge in [0.15, 0.2) is 0 Å².